The van der Waals surface area contributed by atoms with Gasteiger partial charge < -0.3 is 5.32 Å². The maximum absolute atomic E-state index is 13.3. The Morgan fingerprint density at radius 2 is 1.89 bits per heavy atom. The zero-order valence-corrected chi connectivity index (χ0v) is 11.9. The van der Waals surface area contributed by atoms with Crippen molar-refractivity contribution >= 4 is 11.6 Å². The van der Waals surface area contributed by atoms with E-state index in [1.807, 2.05) is 7.05 Å². The molecular weight excluding hydrogens is 268 g/mol. The van der Waals surface area contributed by atoms with Gasteiger partial charge in [-0.15, -0.1) is 0 Å². The Labute approximate surface area is 118 Å². The lowest BCUT2D eigenvalue weighted by molar-refractivity contribution is 0.425. The van der Waals surface area contributed by atoms with Gasteiger partial charge in [-0.3, -0.25) is 0 Å². The third-order valence-corrected chi connectivity index (χ3v) is 4.43. The molecule has 0 spiro atoms. The summed E-state index contributed by atoms with van der Waals surface area (Å²) in [5.41, 5.74) is 0.654. The Hall–Kier alpha value is -0.670. The quantitative estimate of drug-likeness (QED) is 0.764. The van der Waals surface area contributed by atoms with E-state index in [4.69, 9.17) is 11.6 Å². The summed E-state index contributed by atoms with van der Waals surface area (Å²) in [5.74, 6) is -0.945. The predicted octanol–water partition coefficient (Wildman–Crippen LogP) is 4.85. The van der Waals surface area contributed by atoms with E-state index in [1.165, 1.54) is 31.7 Å². The third-order valence-electron chi connectivity index (χ3n) is 4.10. The molecule has 1 aliphatic rings. The summed E-state index contributed by atoms with van der Waals surface area (Å²) >= 11 is 6.02. The van der Waals surface area contributed by atoms with Crippen molar-refractivity contribution in [2.75, 3.05) is 7.05 Å². The molecule has 1 atom stereocenters. The van der Waals surface area contributed by atoms with E-state index in [9.17, 15) is 8.78 Å². The summed E-state index contributed by atoms with van der Waals surface area (Å²) in [6.45, 7) is 0. The number of benzene rings is 1. The van der Waals surface area contributed by atoms with Crippen molar-refractivity contribution in [2.45, 2.75) is 44.6 Å². The van der Waals surface area contributed by atoms with Gasteiger partial charge in [0.15, 0.2) is 11.6 Å². The zero-order valence-electron chi connectivity index (χ0n) is 11.2. The van der Waals surface area contributed by atoms with Crippen LogP contribution in [0, 0.1) is 17.6 Å². The molecule has 106 valence electrons. The summed E-state index contributed by atoms with van der Waals surface area (Å²) in [5, 5.41) is 3.45. The van der Waals surface area contributed by atoms with Crippen molar-refractivity contribution < 1.29 is 8.78 Å². The summed E-state index contributed by atoms with van der Waals surface area (Å²) in [7, 11) is 1.83. The second kappa shape index (κ2) is 6.67. The molecule has 2 rings (SSSR count). The maximum Gasteiger partial charge on any atom is 0.160 e. The molecule has 1 fully saturated rings. The van der Waals surface area contributed by atoms with Crippen LogP contribution in [0.4, 0.5) is 8.78 Å². The summed E-state index contributed by atoms with van der Waals surface area (Å²) in [6, 6.07) is 2.27. The summed E-state index contributed by atoms with van der Waals surface area (Å²) in [4.78, 5) is 0. The number of hydrogen-bond donors (Lipinski definition) is 1. The van der Waals surface area contributed by atoms with Gasteiger partial charge in [-0.05, 0) is 43.5 Å². The Bertz CT molecular complexity index is 430. The van der Waals surface area contributed by atoms with Crippen molar-refractivity contribution in [3.8, 4) is 0 Å². The average molecular weight is 288 g/mol. The molecule has 1 nitrogen and oxygen atoms in total. The third kappa shape index (κ3) is 3.67. The lowest BCUT2D eigenvalue weighted by Crippen LogP contribution is -2.18. The monoisotopic (exact) mass is 287 g/mol. The lowest BCUT2D eigenvalue weighted by atomic mass is 9.95. The molecule has 0 aliphatic heterocycles. The molecule has 4 heteroatoms. The standard InChI is InChI=1S/C15H20ClF2N/c1-19-15(7-6-10-4-2-3-5-10)11-8-13(17)14(18)9-12(11)16/h8-10,15,19H,2-7H2,1H3. The molecular formula is C15H20ClF2N. The lowest BCUT2D eigenvalue weighted by Gasteiger charge is -2.20. The molecule has 1 unspecified atom stereocenters. The van der Waals surface area contributed by atoms with Crippen molar-refractivity contribution in [1.29, 1.82) is 0 Å². The van der Waals surface area contributed by atoms with Crippen molar-refractivity contribution in [2.24, 2.45) is 5.92 Å². The van der Waals surface area contributed by atoms with Gasteiger partial charge in [0.25, 0.3) is 0 Å². The van der Waals surface area contributed by atoms with Gasteiger partial charge in [0.1, 0.15) is 0 Å². The van der Waals surface area contributed by atoms with Crippen LogP contribution in [0.1, 0.15) is 50.1 Å². The van der Waals surface area contributed by atoms with Crippen LogP contribution in [-0.2, 0) is 0 Å². The van der Waals surface area contributed by atoms with Gasteiger partial charge >= 0.3 is 0 Å². The molecule has 0 aromatic heterocycles. The van der Waals surface area contributed by atoms with Gasteiger partial charge in [0, 0.05) is 11.1 Å². The van der Waals surface area contributed by atoms with E-state index in [-0.39, 0.29) is 6.04 Å². The fraction of sp³-hybridized carbons (Fsp3) is 0.600. The fourth-order valence-corrected chi connectivity index (χ4v) is 3.24. The zero-order chi connectivity index (χ0) is 13.8. The summed E-state index contributed by atoms with van der Waals surface area (Å²) < 4.78 is 26.4. The highest BCUT2D eigenvalue weighted by Crippen LogP contribution is 2.33. The van der Waals surface area contributed by atoms with Crippen LogP contribution in [0.25, 0.3) is 0 Å². The molecule has 0 radical (unpaired) electrons. The van der Waals surface area contributed by atoms with Crippen LogP contribution in [-0.4, -0.2) is 7.05 Å². The second-order valence-electron chi connectivity index (χ2n) is 5.36. The van der Waals surface area contributed by atoms with Gasteiger partial charge in [-0.25, -0.2) is 8.78 Å². The van der Waals surface area contributed by atoms with Crippen LogP contribution in [0.2, 0.25) is 5.02 Å². The van der Waals surface area contributed by atoms with Crippen molar-refractivity contribution in [3.05, 3.63) is 34.4 Å². The van der Waals surface area contributed by atoms with Crippen LogP contribution in [0.5, 0.6) is 0 Å². The molecule has 0 saturated heterocycles. The minimum atomic E-state index is -0.889. The predicted molar refractivity (Wildman–Crippen MR) is 74.4 cm³/mol. The average Bonchev–Trinajstić information content (AvgIpc) is 2.89. The largest absolute Gasteiger partial charge is 0.313 e. The van der Waals surface area contributed by atoms with Crippen LogP contribution < -0.4 is 5.32 Å². The van der Waals surface area contributed by atoms with E-state index in [0.29, 0.717) is 10.6 Å². The van der Waals surface area contributed by atoms with E-state index in [2.05, 4.69) is 5.32 Å². The molecule has 0 bridgehead atoms. The normalized spacial score (nSPS) is 17.9. The molecule has 1 aromatic carbocycles. The number of nitrogens with one attached hydrogen (secondary N) is 1. The minimum Gasteiger partial charge on any atom is -0.313 e. The molecule has 1 saturated carbocycles. The SMILES string of the molecule is CNC(CCC1CCCC1)c1cc(F)c(F)cc1Cl. The Kier molecular flexibility index (Phi) is 5.17. The first-order chi connectivity index (χ1) is 9.11. The van der Waals surface area contributed by atoms with E-state index >= 15 is 0 Å². The Morgan fingerprint density at radius 1 is 1.26 bits per heavy atom. The number of hydrogen-bond acceptors (Lipinski definition) is 1. The highest BCUT2D eigenvalue weighted by Gasteiger charge is 2.20. The fourth-order valence-electron chi connectivity index (χ4n) is 2.96. The highest BCUT2D eigenvalue weighted by atomic mass is 35.5. The van der Waals surface area contributed by atoms with Crippen molar-refractivity contribution in [3.63, 3.8) is 0 Å². The van der Waals surface area contributed by atoms with Crippen molar-refractivity contribution in [1.82, 2.24) is 5.32 Å². The first kappa shape index (κ1) is 14.7. The molecule has 19 heavy (non-hydrogen) atoms. The molecule has 1 N–H and O–H groups in total. The van der Waals surface area contributed by atoms with E-state index < -0.39 is 11.6 Å². The highest BCUT2D eigenvalue weighted by molar-refractivity contribution is 6.31. The summed E-state index contributed by atoms with van der Waals surface area (Å²) in [6.07, 6.45) is 7.25. The van der Waals surface area contributed by atoms with Crippen LogP contribution >= 0.6 is 11.6 Å². The molecule has 1 aliphatic carbocycles. The topological polar surface area (TPSA) is 12.0 Å². The molecule has 0 heterocycles. The van der Waals surface area contributed by atoms with Gasteiger partial charge in [0.2, 0.25) is 0 Å². The first-order valence-corrected chi connectivity index (χ1v) is 7.31. The second-order valence-corrected chi connectivity index (χ2v) is 5.76. The molecule has 1 aromatic rings. The van der Waals surface area contributed by atoms with Crippen LogP contribution in [0.3, 0.4) is 0 Å². The number of rotatable bonds is 5. The van der Waals surface area contributed by atoms with Gasteiger partial charge in [-0.2, -0.15) is 0 Å². The maximum atomic E-state index is 13.3. The molecule has 0 amide bonds. The smallest absolute Gasteiger partial charge is 0.160 e. The Morgan fingerprint density at radius 3 is 2.53 bits per heavy atom. The Balaban J connectivity index is 2.05. The van der Waals surface area contributed by atoms with E-state index in [0.717, 1.165) is 24.8 Å². The first-order valence-electron chi connectivity index (χ1n) is 6.93. The van der Waals surface area contributed by atoms with Gasteiger partial charge in [-0.1, -0.05) is 37.3 Å². The van der Waals surface area contributed by atoms with E-state index in [1.54, 1.807) is 0 Å². The number of halogens is 3. The minimum absolute atomic E-state index is 0.0109. The van der Waals surface area contributed by atoms with Crippen LogP contribution in [0.15, 0.2) is 12.1 Å². The van der Waals surface area contributed by atoms with Gasteiger partial charge in [0.05, 0.1) is 0 Å².